The molecule has 0 spiro atoms. The molecule has 84 valence electrons. The van der Waals surface area contributed by atoms with E-state index in [0.717, 1.165) is 22.4 Å². The van der Waals surface area contributed by atoms with Gasteiger partial charge in [0.25, 0.3) is 0 Å². The zero-order valence-corrected chi connectivity index (χ0v) is 9.81. The molecule has 3 heteroatoms. The quantitative estimate of drug-likeness (QED) is 0.835. The van der Waals surface area contributed by atoms with Crippen molar-refractivity contribution in [3.8, 4) is 0 Å². The van der Waals surface area contributed by atoms with Gasteiger partial charge in [0.05, 0.1) is 5.69 Å². The fraction of sp³-hybridized carbons (Fsp3) is 0.308. The molecule has 16 heavy (non-hydrogen) atoms. The van der Waals surface area contributed by atoms with Crippen LogP contribution in [0.15, 0.2) is 30.5 Å². The molecule has 2 rings (SSSR count). The van der Waals surface area contributed by atoms with Gasteiger partial charge in [-0.15, -0.1) is 0 Å². The van der Waals surface area contributed by atoms with Crippen LogP contribution in [-0.4, -0.2) is 14.9 Å². The minimum atomic E-state index is -0.603. The van der Waals surface area contributed by atoms with Crippen molar-refractivity contribution in [1.29, 1.82) is 0 Å². The first-order valence-electron chi connectivity index (χ1n) is 5.33. The van der Waals surface area contributed by atoms with Crippen molar-refractivity contribution in [2.24, 2.45) is 7.05 Å². The number of rotatable bonds is 2. The largest absolute Gasteiger partial charge is 0.382 e. The van der Waals surface area contributed by atoms with Crippen LogP contribution in [0, 0.1) is 13.8 Å². The van der Waals surface area contributed by atoms with Crippen LogP contribution in [-0.2, 0) is 7.05 Å². The molecule has 1 unspecified atom stereocenters. The highest BCUT2D eigenvalue weighted by Gasteiger charge is 2.17. The van der Waals surface area contributed by atoms with Crippen LogP contribution < -0.4 is 0 Å². The van der Waals surface area contributed by atoms with Gasteiger partial charge in [-0.05, 0) is 36.6 Å². The fourth-order valence-electron chi connectivity index (χ4n) is 2.06. The standard InChI is InChI=1S/C13H16N2O/c1-9-5-4-6-10(2)12(9)13(16)11-7-8-14-15(11)3/h4-8,13,16H,1-3H3. The van der Waals surface area contributed by atoms with Crippen LogP contribution in [0.1, 0.15) is 28.5 Å². The number of hydrogen-bond donors (Lipinski definition) is 1. The fourth-order valence-corrected chi connectivity index (χ4v) is 2.06. The average molecular weight is 216 g/mol. The Balaban J connectivity index is 2.49. The Kier molecular flexibility index (Phi) is 2.79. The molecule has 2 aromatic rings. The number of nitrogens with zero attached hydrogens (tertiary/aromatic N) is 2. The molecule has 0 aliphatic rings. The van der Waals surface area contributed by atoms with Gasteiger partial charge >= 0.3 is 0 Å². The third-order valence-electron chi connectivity index (χ3n) is 2.95. The summed E-state index contributed by atoms with van der Waals surface area (Å²) in [6.45, 7) is 4.03. The number of aliphatic hydroxyl groups is 1. The zero-order valence-electron chi connectivity index (χ0n) is 9.81. The molecule has 1 aromatic carbocycles. The molecule has 1 atom stereocenters. The summed E-state index contributed by atoms with van der Waals surface area (Å²) in [6.07, 6.45) is 1.10. The van der Waals surface area contributed by atoms with E-state index >= 15 is 0 Å². The molecule has 1 heterocycles. The molecule has 0 bridgehead atoms. The zero-order chi connectivity index (χ0) is 11.7. The van der Waals surface area contributed by atoms with Gasteiger partial charge in [0.1, 0.15) is 6.10 Å². The summed E-state index contributed by atoms with van der Waals surface area (Å²) in [5.74, 6) is 0. The van der Waals surface area contributed by atoms with Crippen molar-refractivity contribution in [2.75, 3.05) is 0 Å². The SMILES string of the molecule is Cc1cccc(C)c1C(O)c1ccnn1C. The molecule has 1 N–H and O–H groups in total. The smallest absolute Gasteiger partial charge is 0.121 e. The highest BCUT2D eigenvalue weighted by Crippen LogP contribution is 2.26. The van der Waals surface area contributed by atoms with Crippen molar-refractivity contribution < 1.29 is 5.11 Å². The van der Waals surface area contributed by atoms with Crippen LogP contribution in [0.3, 0.4) is 0 Å². The highest BCUT2D eigenvalue weighted by atomic mass is 16.3. The van der Waals surface area contributed by atoms with Crippen LogP contribution in [0.4, 0.5) is 0 Å². The lowest BCUT2D eigenvalue weighted by atomic mass is 9.96. The van der Waals surface area contributed by atoms with Crippen molar-refractivity contribution in [3.05, 3.63) is 52.8 Å². The third kappa shape index (κ3) is 1.74. The van der Waals surface area contributed by atoms with E-state index in [1.807, 2.05) is 45.2 Å². The van der Waals surface area contributed by atoms with Crippen LogP contribution in [0.25, 0.3) is 0 Å². The Morgan fingerprint density at radius 3 is 2.31 bits per heavy atom. The Bertz CT molecular complexity index is 482. The Morgan fingerprint density at radius 1 is 1.19 bits per heavy atom. The molecule has 0 fully saturated rings. The van der Waals surface area contributed by atoms with E-state index in [0.29, 0.717) is 0 Å². The van der Waals surface area contributed by atoms with Gasteiger partial charge in [0.15, 0.2) is 0 Å². The molecular weight excluding hydrogens is 200 g/mol. The molecule has 0 aliphatic heterocycles. The van der Waals surface area contributed by atoms with Crippen LogP contribution >= 0.6 is 0 Å². The van der Waals surface area contributed by atoms with Crippen molar-refractivity contribution in [2.45, 2.75) is 20.0 Å². The van der Waals surface area contributed by atoms with Gasteiger partial charge in [-0.1, -0.05) is 18.2 Å². The van der Waals surface area contributed by atoms with Gasteiger partial charge in [0, 0.05) is 13.2 Å². The molecule has 0 saturated heterocycles. The van der Waals surface area contributed by atoms with Crippen molar-refractivity contribution in [3.63, 3.8) is 0 Å². The maximum Gasteiger partial charge on any atom is 0.121 e. The van der Waals surface area contributed by atoms with E-state index < -0.39 is 6.10 Å². The number of aromatic nitrogens is 2. The maximum absolute atomic E-state index is 10.4. The summed E-state index contributed by atoms with van der Waals surface area (Å²) < 4.78 is 1.70. The Labute approximate surface area is 95.3 Å². The monoisotopic (exact) mass is 216 g/mol. The van der Waals surface area contributed by atoms with Crippen molar-refractivity contribution >= 4 is 0 Å². The van der Waals surface area contributed by atoms with Crippen LogP contribution in [0.2, 0.25) is 0 Å². The molecule has 0 aliphatic carbocycles. The summed E-state index contributed by atoms with van der Waals surface area (Å²) in [4.78, 5) is 0. The minimum Gasteiger partial charge on any atom is -0.382 e. The lowest BCUT2D eigenvalue weighted by molar-refractivity contribution is 0.208. The lowest BCUT2D eigenvalue weighted by Crippen LogP contribution is -2.09. The Morgan fingerprint density at radius 2 is 1.81 bits per heavy atom. The van der Waals surface area contributed by atoms with Gasteiger partial charge in [0.2, 0.25) is 0 Å². The lowest BCUT2D eigenvalue weighted by Gasteiger charge is -2.16. The summed E-state index contributed by atoms with van der Waals surface area (Å²) >= 11 is 0. The van der Waals surface area contributed by atoms with E-state index in [1.165, 1.54) is 0 Å². The van der Waals surface area contributed by atoms with Gasteiger partial charge in [-0.25, -0.2) is 0 Å². The Hall–Kier alpha value is -1.61. The van der Waals surface area contributed by atoms with Gasteiger partial charge in [-0.3, -0.25) is 4.68 Å². The second kappa shape index (κ2) is 4.10. The summed E-state index contributed by atoms with van der Waals surface area (Å²) in [5, 5.41) is 14.4. The number of hydrogen-bond acceptors (Lipinski definition) is 2. The summed E-state index contributed by atoms with van der Waals surface area (Å²) in [6, 6.07) is 7.88. The molecular formula is C13H16N2O. The molecule has 0 radical (unpaired) electrons. The molecule has 0 saturated carbocycles. The predicted octanol–water partition coefficient (Wildman–Crippen LogP) is 2.12. The van der Waals surface area contributed by atoms with Crippen molar-refractivity contribution in [1.82, 2.24) is 9.78 Å². The number of aliphatic hydroxyl groups excluding tert-OH is 1. The number of aryl methyl sites for hydroxylation is 3. The highest BCUT2D eigenvalue weighted by molar-refractivity contribution is 5.38. The summed E-state index contributed by atoms with van der Waals surface area (Å²) in [7, 11) is 1.84. The first kappa shape index (κ1) is 10.9. The predicted molar refractivity (Wildman–Crippen MR) is 63.2 cm³/mol. The number of benzene rings is 1. The normalized spacial score (nSPS) is 12.8. The topological polar surface area (TPSA) is 38.1 Å². The minimum absolute atomic E-state index is 0.603. The first-order valence-corrected chi connectivity index (χ1v) is 5.33. The molecule has 0 amide bonds. The first-order chi connectivity index (χ1) is 7.61. The average Bonchev–Trinajstić information content (AvgIpc) is 2.64. The van der Waals surface area contributed by atoms with E-state index in [1.54, 1.807) is 10.9 Å². The second-order valence-corrected chi connectivity index (χ2v) is 4.09. The van der Waals surface area contributed by atoms with E-state index in [4.69, 9.17) is 0 Å². The van der Waals surface area contributed by atoms with E-state index in [-0.39, 0.29) is 0 Å². The van der Waals surface area contributed by atoms with E-state index in [9.17, 15) is 5.11 Å². The van der Waals surface area contributed by atoms with Gasteiger partial charge < -0.3 is 5.11 Å². The summed E-state index contributed by atoms with van der Waals surface area (Å²) in [5.41, 5.74) is 4.01. The molecule has 3 nitrogen and oxygen atoms in total. The molecule has 1 aromatic heterocycles. The second-order valence-electron chi connectivity index (χ2n) is 4.09. The van der Waals surface area contributed by atoms with Crippen LogP contribution in [0.5, 0.6) is 0 Å². The van der Waals surface area contributed by atoms with Gasteiger partial charge in [-0.2, -0.15) is 5.10 Å². The maximum atomic E-state index is 10.4. The van der Waals surface area contributed by atoms with E-state index in [2.05, 4.69) is 5.10 Å². The third-order valence-corrected chi connectivity index (χ3v) is 2.95.